The highest BCUT2D eigenvalue weighted by molar-refractivity contribution is 7.17. The summed E-state index contributed by atoms with van der Waals surface area (Å²) in [6.07, 6.45) is 4.71. The number of halogens is 1. The van der Waals surface area contributed by atoms with Crippen molar-refractivity contribution in [2.75, 3.05) is 12.4 Å². The first-order valence-corrected chi connectivity index (χ1v) is 8.60. The lowest BCUT2D eigenvalue weighted by Gasteiger charge is -2.26. The third kappa shape index (κ3) is 4.08. The fraction of sp³-hybridized carbons (Fsp3) is 0.500. The van der Waals surface area contributed by atoms with Crippen molar-refractivity contribution >= 4 is 40.6 Å². The normalized spacial score (nSPS) is 16.7. The van der Waals surface area contributed by atoms with Gasteiger partial charge in [-0.05, 0) is 18.9 Å². The average molecular weight is 384 g/mol. The van der Waals surface area contributed by atoms with E-state index in [1.54, 1.807) is 31.2 Å². The van der Waals surface area contributed by atoms with Crippen LogP contribution in [0.25, 0.3) is 0 Å². The molecule has 2 N–H and O–H groups in total. The molecule has 0 aromatic carbocycles. The van der Waals surface area contributed by atoms with E-state index in [0.717, 1.165) is 17.7 Å². The molecule has 2 aromatic heterocycles. The average Bonchev–Trinajstić information content (AvgIpc) is 3.05. The molecule has 0 radical (unpaired) electrons. The smallest absolute Gasteiger partial charge is 0.247 e. The molecule has 3 rings (SSSR count). The fourth-order valence-electron chi connectivity index (χ4n) is 2.99. The molecular formula is C16H22ClN5O2S. The van der Waals surface area contributed by atoms with Crippen LogP contribution in [0.5, 0.6) is 0 Å². The van der Waals surface area contributed by atoms with Crippen molar-refractivity contribution in [1.82, 2.24) is 20.1 Å². The lowest BCUT2D eigenvalue weighted by molar-refractivity contribution is -0.118. The Balaban J connectivity index is 0.00000225. The fourth-order valence-corrected chi connectivity index (χ4v) is 3.91. The van der Waals surface area contributed by atoms with Gasteiger partial charge in [0.25, 0.3) is 0 Å². The zero-order valence-corrected chi connectivity index (χ0v) is 16.3. The van der Waals surface area contributed by atoms with Gasteiger partial charge in [0.1, 0.15) is 6.04 Å². The molecule has 1 aliphatic carbocycles. The Morgan fingerprint density at radius 1 is 1.40 bits per heavy atom. The molecule has 1 atom stereocenters. The zero-order chi connectivity index (χ0) is 17.5. The van der Waals surface area contributed by atoms with Crippen LogP contribution in [0.4, 0.5) is 5.13 Å². The van der Waals surface area contributed by atoms with E-state index in [1.807, 2.05) is 0 Å². The van der Waals surface area contributed by atoms with Gasteiger partial charge in [0.15, 0.2) is 10.9 Å². The van der Waals surface area contributed by atoms with Crippen LogP contribution in [0, 0.1) is 5.41 Å². The predicted molar refractivity (Wildman–Crippen MR) is 99.4 cm³/mol. The van der Waals surface area contributed by atoms with Crippen molar-refractivity contribution in [3.63, 3.8) is 0 Å². The number of carbonyl (C=O) groups excluding carboxylic acids is 2. The second-order valence-electron chi connectivity index (χ2n) is 6.89. The molecule has 2 heterocycles. The van der Waals surface area contributed by atoms with Crippen molar-refractivity contribution in [3.8, 4) is 0 Å². The minimum absolute atomic E-state index is 0. The van der Waals surface area contributed by atoms with Crippen molar-refractivity contribution < 1.29 is 9.59 Å². The van der Waals surface area contributed by atoms with Crippen LogP contribution >= 0.6 is 23.7 Å². The number of thiazole rings is 1. The highest BCUT2D eigenvalue weighted by Gasteiger charge is 2.34. The number of fused-ring (bicyclic) bond motifs is 1. The number of aryl methyl sites for hydroxylation is 1. The number of rotatable bonds is 4. The Kier molecular flexibility index (Phi) is 5.65. The number of aromatic nitrogens is 3. The first kappa shape index (κ1) is 19.6. The molecule has 0 aliphatic heterocycles. The monoisotopic (exact) mass is 383 g/mol. The predicted octanol–water partition coefficient (Wildman–Crippen LogP) is 2.35. The van der Waals surface area contributed by atoms with Crippen molar-refractivity contribution in [2.45, 2.75) is 32.7 Å². The lowest BCUT2D eigenvalue weighted by Crippen LogP contribution is -2.30. The zero-order valence-electron chi connectivity index (χ0n) is 14.6. The summed E-state index contributed by atoms with van der Waals surface area (Å²) >= 11 is 1.26. The van der Waals surface area contributed by atoms with Crippen molar-refractivity contribution in [3.05, 3.63) is 28.5 Å². The summed E-state index contributed by atoms with van der Waals surface area (Å²) in [4.78, 5) is 29.9. The first-order chi connectivity index (χ1) is 11.3. The molecule has 2 aromatic rings. The lowest BCUT2D eigenvalue weighted by atomic mass is 9.78. The topological polar surface area (TPSA) is 88.9 Å². The van der Waals surface area contributed by atoms with Gasteiger partial charge in [0, 0.05) is 25.2 Å². The van der Waals surface area contributed by atoms with E-state index >= 15 is 0 Å². The second kappa shape index (κ2) is 7.23. The number of amides is 1. The Morgan fingerprint density at radius 3 is 2.72 bits per heavy atom. The maximum Gasteiger partial charge on any atom is 0.247 e. The number of anilines is 1. The van der Waals surface area contributed by atoms with E-state index < -0.39 is 6.04 Å². The van der Waals surface area contributed by atoms with Gasteiger partial charge < -0.3 is 10.6 Å². The number of hydrogen-bond acceptors (Lipinski definition) is 6. The molecule has 136 valence electrons. The quantitative estimate of drug-likeness (QED) is 0.845. The molecule has 1 aliphatic rings. The molecule has 0 bridgehead atoms. The van der Waals surface area contributed by atoms with Gasteiger partial charge in [-0.3, -0.25) is 14.3 Å². The standard InChI is InChI=1S/C16H21N5O2S.ClH/c1-16(2)5-10-13(11(22)6-16)24-15(19-10)20-14(23)12(17-3)9-7-18-21(4)8-9;/h7-8,12,17H,5-6H2,1-4H3,(H,19,20,23);1H. The Hall–Kier alpha value is -1.77. The largest absolute Gasteiger partial charge is 0.305 e. The summed E-state index contributed by atoms with van der Waals surface area (Å²) in [7, 11) is 3.52. The van der Waals surface area contributed by atoms with Crippen LogP contribution in [0.15, 0.2) is 12.4 Å². The van der Waals surface area contributed by atoms with E-state index in [0.29, 0.717) is 16.4 Å². The Labute approximate surface area is 156 Å². The number of ketones is 1. The molecule has 0 saturated heterocycles. The van der Waals surface area contributed by atoms with Crippen LogP contribution in [0.2, 0.25) is 0 Å². The Morgan fingerprint density at radius 2 is 2.12 bits per heavy atom. The molecule has 0 fully saturated rings. The minimum atomic E-state index is -0.522. The second-order valence-corrected chi connectivity index (χ2v) is 7.89. The summed E-state index contributed by atoms with van der Waals surface area (Å²) in [5, 5.41) is 10.4. The van der Waals surface area contributed by atoms with Gasteiger partial charge in [0.05, 0.1) is 16.8 Å². The van der Waals surface area contributed by atoms with Crippen LogP contribution < -0.4 is 10.6 Å². The summed E-state index contributed by atoms with van der Waals surface area (Å²) in [5.41, 5.74) is 1.48. The SMILES string of the molecule is CNC(C(=O)Nc1nc2c(s1)C(=O)CC(C)(C)C2)c1cnn(C)c1.Cl. The molecule has 0 saturated carbocycles. The van der Waals surface area contributed by atoms with Crippen molar-refractivity contribution in [1.29, 1.82) is 0 Å². The third-order valence-electron chi connectivity index (χ3n) is 4.07. The van der Waals surface area contributed by atoms with E-state index in [4.69, 9.17) is 0 Å². The van der Waals surface area contributed by atoms with Gasteiger partial charge in [-0.15, -0.1) is 12.4 Å². The van der Waals surface area contributed by atoms with E-state index in [1.165, 1.54) is 11.3 Å². The molecule has 0 spiro atoms. The molecule has 7 nitrogen and oxygen atoms in total. The number of carbonyl (C=O) groups is 2. The molecule has 1 unspecified atom stereocenters. The number of nitrogens with one attached hydrogen (secondary N) is 2. The molecular weight excluding hydrogens is 362 g/mol. The van der Waals surface area contributed by atoms with E-state index in [2.05, 4.69) is 34.6 Å². The van der Waals surface area contributed by atoms with Crippen LogP contribution in [-0.4, -0.2) is 33.5 Å². The van der Waals surface area contributed by atoms with E-state index in [9.17, 15) is 9.59 Å². The highest BCUT2D eigenvalue weighted by atomic mass is 35.5. The number of likely N-dealkylation sites (N-methyl/N-ethyl adjacent to an activating group) is 1. The summed E-state index contributed by atoms with van der Waals surface area (Å²) < 4.78 is 1.65. The summed E-state index contributed by atoms with van der Waals surface area (Å²) in [6.45, 7) is 4.12. The number of hydrogen-bond donors (Lipinski definition) is 2. The van der Waals surface area contributed by atoms with Gasteiger partial charge in [0.2, 0.25) is 5.91 Å². The number of nitrogens with zero attached hydrogens (tertiary/aromatic N) is 3. The third-order valence-corrected chi connectivity index (χ3v) is 5.13. The molecule has 1 amide bonds. The van der Waals surface area contributed by atoms with Gasteiger partial charge in [-0.2, -0.15) is 5.10 Å². The molecule has 9 heteroatoms. The van der Waals surface area contributed by atoms with Gasteiger partial charge >= 0.3 is 0 Å². The maximum absolute atomic E-state index is 12.5. The van der Waals surface area contributed by atoms with E-state index in [-0.39, 0.29) is 29.5 Å². The van der Waals surface area contributed by atoms with Gasteiger partial charge in [-0.1, -0.05) is 25.2 Å². The van der Waals surface area contributed by atoms with Crippen molar-refractivity contribution in [2.24, 2.45) is 12.5 Å². The highest BCUT2D eigenvalue weighted by Crippen LogP contribution is 2.38. The maximum atomic E-state index is 12.5. The first-order valence-electron chi connectivity index (χ1n) is 7.78. The summed E-state index contributed by atoms with van der Waals surface area (Å²) in [5.74, 6) is -0.111. The van der Waals surface area contributed by atoms with Gasteiger partial charge in [-0.25, -0.2) is 4.98 Å². The Bertz CT molecular complexity index is 798. The minimum Gasteiger partial charge on any atom is -0.305 e. The van der Waals surface area contributed by atoms with Crippen LogP contribution in [0.1, 0.15) is 47.2 Å². The molecule has 25 heavy (non-hydrogen) atoms. The van der Waals surface area contributed by atoms with Crippen LogP contribution in [0.3, 0.4) is 0 Å². The number of Topliss-reactive ketones (excluding diaryl/α,β-unsaturated/α-hetero) is 1. The van der Waals surface area contributed by atoms with Crippen LogP contribution in [-0.2, 0) is 18.3 Å². The summed E-state index contributed by atoms with van der Waals surface area (Å²) in [6, 6.07) is -0.522.